The fourth-order valence-electron chi connectivity index (χ4n) is 3.30. The molecule has 2 aromatic carbocycles. The largest absolute Gasteiger partial charge is 0.462 e. The van der Waals surface area contributed by atoms with E-state index < -0.39 is 0 Å². The summed E-state index contributed by atoms with van der Waals surface area (Å²) in [7, 11) is 0. The lowest BCUT2D eigenvalue weighted by atomic mass is 9.93. The second-order valence-corrected chi connectivity index (χ2v) is 7.95. The maximum absolute atomic E-state index is 11.8. The van der Waals surface area contributed by atoms with Gasteiger partial charge in [-0.05, 0) is 78.8 Å². The van der Waals surface area contributed by atoms with Gasteiger partial charge in [0.1, 0.15) is 0 Å². The van der Waals surface area contributed by atoms with Gasteiger partial charge in [0, 0.05) is 4.90 Å². The maximum atomic E-state index is 11.8. The van der Waals surface area contributed by atoms with E-state index >= 15 is 0 Å². The molecule has 1 unspecified atom stereocenters. The van der Waals surface area contributed by atoms with Gasteiger partial charge in [0.25, 0.3) is 0 Å². The standard InChI is InChI=1S/C23H26O2S/c1-4-25-23(24)19-9-7-18(8-10-19)14-17(3)20-11-12-22-21(15-20)16(2)6-5-13-26-22/h7-12,14-16H,4-6,13H2,1-3H3/b17-14+. The molecule has 1 heterocycles. The van der Waals surface area contributed by atoms with E-state index in [0.29, 0.717) is 18.1 Å². The van der Waals surface area contributed by atoms with Crippen LogP contribution in [0.2, 0.25) is 0 Å². The van der Waals surface area contributed by atoms with Gasteiger partial charge in [0.2, 0.25) is 0 Å². The minimum absolute atomic E-state index is 0.267. The van der Waals surface area contributed by atoms with Gasteiger partial charge in [-0.15, -0.1) is 11.8 Å². The zero-order chi connectivity index (χ0) is 18.5. The van der Waals surface area contributed by atoms with Crippen LogP contribution in [0.1, 0.15) is 66.6 Å². The predicted molar refractivity (Wildman–Crippen MR) is 111 cm³/mol. The lowest BCUT2D eigenvalue weighted by Gasteiger charge is -2.14. The zero-order valence-electron chi connectivity index (χ0n) is 15.7. The van der Waals surface area contributed by atoms with Crippen molar-refractivity contribution in [3.8, 4) is 0 Å². The van der Waals surface area contributed by atoms with Crippen LogP contribution in [-0.4, -0.2) is 18.3 Å². The fourth-order valence-corrected chi connectivity index (χ4v) is 4.42. The molecule has 1 aliphatic rings. The van der Waals surface area contributed by atoms with E-state index in [1.54, 1.807) is 0 Å². The van der Waals surface area contributed by atoms with Crippen molar-refractivity contribution >= 4 is 29.4 Å². The molecule has 0 spiro atoms. The van der Waals surface area contributed by atoms with Crippen molar-refractivity contribution in [1.29, 1.82) is 0 Å². The summed E-state index contributed by atoms with van der Waals surface area (Å²) in [6.45, 7) is 6.70. The Morgan fingerprint density at radius 2 is 1.92 bits per heavy atom. The summed E-state index contributed by atoms with van der Waals surface area (Å²) in [6, 6.07) is 14.5. The number of carbonyl (C=O) groups excluding carboxylic acids is 1. The van der Waals surface area contributed by atoms with Crippen LogP contribution in [0.5, 0.6) is 0 Å². The van der Waals surface area contributed by atoms with Crippen LogP contribution in [-0.2, 0) is 4.74 Å². The van der Waals surface area contributed by atoms with E-state index in [1.807, 2.05) is 43.0 Å². The monoisotopic (exact) mass is 366 g/mol. The smallest absolute Gasteiger partial charge is 0.338 e. The predicted octanol–water partition coefficient (Wildman–Crippen LogP) is 6.41. The first-order valence-electron chi connectivity index (χ1n) is 9.31. The molecule has 2 aromatic rings. The van der Waals surface area contributed by atoms with Crippen LogP contribution < -0.4 is 0 Å². The lowest BCUT2D eigenvalue weighted by Crippen LogP contribution is -2.03. The quantitative estimate of drug-likeness (QED) is 0.462. The lowest BCUT2D eigenvalue weighted by molar-refractivity contribution is 0.0526. The van der Waals surface area contributed by atoms with Crippen molar-refractivity contribution in [1.82, 2.24) is 0 Å². The molecule has 136 valence electrons. The summed E-state index contributed by atoms with van der Waals surface area (Å²) >= 11 is 1.98. The van der Waals surface area contributed by atoms with Gasteiger partial charge < -0.3 is 4.74 Å². The number of allylic oxidation sites excluding steroid dienone is 1. The van der Waals surface area contributed by atoms with E-state index in [4.69, 9.17) is 4.74 Å². The zero-order valence-corrected chi connectivity index (χ0v) is 16.6. The van der Waals surface area contributed by atoms with Gasteiger partial charge in [-0.25, -0.2) is 4.79 Å². The number of carbonyl (C=O) groups is 1. The molecule has 1 aliphatic heterocycles. The van der Waals surface area contributed by atoms with E-state index in [2.05, 4.69) is 38.1 Å². The summed E-state index contributed by atoms with van der Waals surface area (Å²) in [5, 5.41) is 0. The molecule has 0 aliphatic carbocycles. The number of hydrogen-bond acceptors (Lipinski definition) is 3. The first kappa shape index (κ1) is 18.8. The second-order valence-electron chi connectivity index (χ2n) is 6.81. The highest BCUT2D eigenvalue weighted by molar-refractivity contribution is 7.99. The molecular formula is C23H26O2S. The molecule has 0 bridgehead atoms. The van der Waals surface area contributed by atoms with Gasteiger partial charge in [0.15, 0.2) is 0 Å². The summed E-state index contributed by atoms with van der Waals surface area (Å²) in [4.78, 5) is 13.2. The molecule has 0 fully saturated rings. The van der Waals surface area contributed by atoms with E-state index in [1.165, 1.54) is 40.2 Å². The Kier molecular flexibility index (Phi) is 6.20. The highest BCUT2D eigenvalue weighted by Crippen LogP contribution is 2.37. The molecule has 1 atom stereocenters. The van der Waals surface area contributed by atoms with Crippen LogP contribution in [0.4, 0.5) is 0 Å². The van der Waals surface area contributed by atoms with Gasteiger partial charge >= 0.3 is 5.97 Å². The Morgan fingerprint density at radius 1 is 1.19 bits per heavy atom. The van der Waals surface area contributed by atoms with Crippen LogP contribution in [0, 0.1) is 0 Å². The van der Waals surface area contributed by atoms with Crippen molar-refractivity contribution in [3.63, 3.8) is 0 Å². The highest BCUT2D eigenvalue weighted by Gasteiger charge is 2.16. The number of thioether (sulfide) groups is 1. The number of esters is 1. The Morgan fingerprint density at radius 3 is 2.65 bits per heavy atom. The highest BCUT2D eigenvalue weighted by atomic mass is 32.2. The Hall–Kier alpha value is -2.00. The summed E-state index contributed by atoms with van der Waals surface area (Å²) in [5.41, 5.74) is 5.67. The first-order valence-corrected chi connectivity index (χ1v) is 10.3. The fraction of sp³-hybridized carbons (Fsp3) is 0.348. The van der Waals surface area contributed by atoms with Crippen molar-refractivity contribution in [3.05, 3.63) is 64.7 Å². The average molecular weight is 367 g/mol. The van der Waals surface area contributed by atoms with Crippen molar-refractivity contribution < 1.29 is 9.53 Å². The molecule has 3 heteroatoms. The van der Waals surface area contributed by atoms with E-state index in [0.717, 1.165) is 5.56 Å². The van der Waals surface area contributed by atoms with E-state index in [9.17, 15) is 4.79 Å². The molecule has 2 nitrogen and oxygen atoms in total. The normalized spacial score (nSPS) is 17.3. The molecule has 0 N–H and O–H groups in total. The third kappa shape index (κ3) is 4.39. The van der Waals surface area contributed by atoms with Crippen LogP contribution in [0.3, 0.4) is 0 Å². The molecule has 0 saturated heterocycles. The van der Waals surface area contributed by atoms with Gasteiger partial charge in [0.05, 0.1) is 12.2 Å². The second kappa shape index (κ2) is 8.59. The Bertz CT molecular complexity index is 805. The maximum Gasteiger partial charge on any atom is 0.338 e. The number of hydrogen-bond donors (Lipinski definition) is 0. The summed E-state index contributed by atoms with van der Waals surface area (Å²) in [6.07, 6.45) is 4.73. The summed E-state index contributed by atoms with van der Waals surface area (Å²) in [5.74, 6) is 1.58. The first-order chi connectivity index (χ1) is 12.6. The average Bonchev–Trinajstić information content (AvgIpc) is 2.83. The van der Waals surface area contributed by atoms with Gasteiger partial charge in [-0.1, -0.05) is 37.3 Å². The molecule has 3 rings (SSSR count). The number of ether oxygens (including phenoxy) is 1. The van der Waals surface area contributed by atoms with E-state index in [-0.39, 0.29) is 5.97 Å². The minimum atomic E-state index is -0.267. The van der Waals surface area contributed by atoms with Gasteiger partial charge in [-0.2, -0.15) is 0 Å². The Balaban J connectivity index is 1.82. The van der Waals surface area contributed by atoms with Crippen LogP contribution >= 0.6 is 11.8 Å². The van der Waals surface area contributed by atoms with Crippen molar-refractivity contribution in [2.24, 2.45) is 0 Å². The SMILES string of the molecule is CCOC(=O)c1ccc(/C=C(\C)c2ccc3c(c2)C(C)CCCS3)cc1. The van der Waals surface area contributed by atoms with Crippen molar-refractivity contribution in [2.45, 2.75) is 44.4 Å². The third-order valence-corrected chi connectivity index (χ3v) is 6.02. The number of fused-ring (bicyclic) bond motifs is 1. The van der Waals surface area contributed by atoms with Crippen LogP contribution in [0.15, 0.2) is 47.4 Å². The number of rotatable bonds is 4. The molecular weight excluding hydrogens is 340 g/mol. The third-order valence-electron chi connectivity index (χ3n) is 4.84. The molecule has 0 radical (unpaired) electrons. The summed E-state index contributed by atoms with van der Waals surface area (Å²) < 4.78 is 5.03. The number of benzene rings is 2. The molecule has 26 heavy (non-hydrogen) atoms. The van der Waals surface area contributed by atoms with Crippen molar-refractivity contribution in [2.75, 3.05) is 12.4 Å². The molecule has 0 amide bonds. The Labute approximate surface area is 160 Å². The van der Waals surface area contributed by atoms with Gasteiger partial charge in [-0.3, -0.25) is 0 Å². The molecule has 0 aromatic heterocycles. The minimum Gasteiger partial charge on any atom is -0.462 e. The topological polar surface area (TPSA) is 26.3 Å². The van der Waals surface area contributed by atoms with Crippen LogP contribution in [0.25, 0.3) is 11.6 Å². The molecule has 0 saturated carbocycles.